The molecule has 0 spiro atoms. The van der Waals surface area contributed by atoms with Crippen molar-refractivity contribution >= 4 is 24.2 Å². The standard InChI is InChI=1S/C8H4BN3.C2H6.H2/c9-5-4-12-6-1-2-11-7(3-10)8(5)6;1-2;/h1-2,4,12H;1-2H3;1H. The molecule has 0 bridgehead atoms. The highest BCUT2D eigenvalue weighted by Crippen LogP contribution is 2.10. The molecule has 0 aliphatic carbocycles. The first-order chi connectivity index (χ1) is 6.83. The molecule has 3 nitrogen and oxygen atoms in total. The van der Waals surface area contributed by atoms with E-state index in [-0.39, 0.29) is 1.43 Å². The predicted octanol–water partition coefficient (Wildman–Crippen LogP) is 1.50. The SMILES string of the molecule is CC.[B]c1c[nH]c2ccnc(C#N)c12.[HH]. The molecule has 70 valence electrons. The van der Waals surface area contributed by atoms with Gasteiger partial charge in [-0.3, -0.25) is 0 Å². The molecule has 4 heteroatoms. The number of aromatic amines is 1. The third kappa shape index (κ3) is 1.62. The molecule has 2 rings (SSSR count). The van der Waals surface area contributed by atoms with Crippen molar-refractivity contribution in [2.45, 2.75) is 13.8 Å². The highest BCUT2D eigenvalue weighted by molar-refractivity contribution is 6.39. The van der Waals surface area contributed by atoms with Crippen molar-refractivity contribution in [3.63, 3.8) is 0 Å². The fraction of sp³-hybridized carbons (Fsp3) is 0.200. The molecule has 0 aliphatic heterocycles. The summed E-state index contributed by atoms with van der Waals surface area (Å²) in [5.41, 5.74) is 1.78. The van der Waals surface area contributed by atoms with E-state index in [0.717, 1.165) is 5.52 Å². The summed E-state index contributed by atoms with van der Waals surface area (Å²) in [5, 5.41) is 9.40. The van der Waals surface area contributed by atoms with Crippen LogP contribution in [0.2, 0.25) is 0 Å². The zero-order valence-electron chi connectivity index (χ0n) is 8.20. The average molecular weight is 185 g/mol. The maximum atomic E-state index is 8.70. The van der Waals surface area contributed by atoms with Gasteiger partial charge in [-0.15, -0.1) is 0 Å². The van der Waals surface area contributed by atoms with Crippen LogP contribution in [0.25, 0.3) is 10.9 Å². The van der Waals surface area contributed by atoms with Crippen molar-refractivity contribution < 1.29 is 1.43 Å². The van der Waals surface area contributed by atoms with Crippen LogP contribution in [-0.2, 0) is 0 Å². The third-order valence-corrected chi connectivity index (χ3v) is 1.73. The summed E-state index contributed by atoms with van der Waals surface area (Å²) in [6.45, 7) is 4.00. The van der Waals surface area contributed by atoms with Gasteiger partial charge in [-0.25, -0.2) is 4.98 Å². The van der Waals surface area contributed by atoms with E-state index in [2.05, 4.69) is 9.97 Å². The average Bonchev–Trinajstić information content (AvgIpc) is 2.64. The summed E-state index contributed by atoms with van der Waals surface area (Å²) in [6, 6.07) is 3.77. The number of fused-ring (bicyclic) bond motifs is 1. The van der Waals surface area contributed by atoms with Gasteiger partial charge in [0.15, 0.2) is 0 Å². The summed E-state index contributed by atoms with van der Waals surface area (Å²) < 4.78 is 0. The van der Waals surface area contributed by atoms with Gasteiger partial charge in [0, 0.05) is 18.5 Å². The number of hydrogen-bond donors (Lipinski definition) is 1. The zero-order valence-corrected chi connectivity index (χ0v) is 8.20. The first-order valence-corrected chi connectivity index (χ1v) is 4.44. The second kappa shape index (κ2) is 4.47. The minimum Gasteiger partial charge on any atom is -0.362 e. The molecule has 2 aromatic rings. The molecule has 0 atom stereocenters. The van der Waals surface area contributed by atoms with Gasteiger partial charge in [0.1, 0.15) is 19.6 Å². The fourth-order valence-corrected chi connectivity index (χ4v) is 1.19. The molecule has 14 heavy (non-hydrogen) atoms. The molecule has 1 N–H and O–H groups in total. The first kappa shape index (κ1) is 10.3. The molecule has 0 aromatic carbocycles. The van der Waals surface area contributed by atoms with Gasteiger partial charge < -0.3 is 4.98 Å². The third-order valence-electron chi connectivity index (χ3n) is 1.73. The topological polar surface area (TPSA) is 52.5 Å². The molecule has 2 heterocycles. The lowest BCUT2D eigenvalue weighted by Crippen LogP contribution is -2.00. The number of pyridine rings is 1. The van der Waals surface area contributed by atoms with Crippen LogP contribution in [-0.4, -0.2) is 17.8 Å². The normalized spacial score (nSPS) is 8.93. The molecular formula is C10H12BN3. The number of H-pyrrole nitrogens is 1. The summed E-state index contributed by atoms with van der Waals surface area (Å²) in [7, 11) is 5.63. The Morgan fingerprint density at radius 3 is 2.93 bits per heavy atom. The Balaban J connectivity index is 0.000000617. The van der Waals surface area contributed by atoms with Crippen molar-refractivity contribution in [1.82, 2.24) is 9.97 Å². The monoisotopic (exact) mass is 185 g/mol. The van der Waals surface area contributed by atoms with Crippen LogP contribution in [0.4, 0.5) is 0 Å². The Morgan fingerprint density at radius 1 is 1.57 bits per heavy atom. The summed E-state index contributed by atoms with van der Waals surface area (Å²) >= 11 is 0. The molecule has 2 aromatic heterocycles. The van der Waals surface area contributed by atoms with E-state index in [9.17, 15) is 0 Å². The van der Waals surface area contributed by atoms with Crippen LogP contribution in [0.15, 0.2) is 18.5 Å². The van der Waals surface area contributed by atoms with E-state index in [4.69, 9.17) is 13.1 Å². The second-order valence-electron chi connectivity index (χ2n) is 2.44. The van der Waals surface area contributed by atoms with Gasteiger partial charge in [-0.1, -0.05) is 19.3 Å². The van der Waals surface area contributed by atoms with Gasteiger partial charge in [-0.2, -0.15) is 5.26 Å². The molecule has 0 fully saturated rings. The Kier molecular flexibility index (Phi) is 3.30. The second-order valence-corrected chi connectivity index (χ2v) is 2.44. The van der Waals surface area contributed by atoms with Gasteiger partial charge in [-0.05, 0) is 12.3 Å². The van der Waals surface area contributed by atoms with Gasteiger partial charge in [0.05, 0.1) is 0 Å². The van der Waals surface area contributed by atoms with E-state index in [0.29, 0.717) is 16.5 Å². The number of hydrogen-bond acceptors (Lipinski definition) is 2. The van der Waals surface area contributed by atoms with E-state index in [1.165, 1.54) is 0 Å². The summed E-state index contributed by atoms with van der Waals surface area (Å²) in [5.74, 6) is 0. The maximum absolute atomic E-state index is 8.70. The van der Waals surface area contributed by atoms with Crippen molar-refractivity contribution in [2.75, 3.05) is 0 Å². The predicted molar refractivity (Wildman–Crippen MR) is 59.7 cm³/mol. The van der Waals surface area contributed by atoms with Gasteiger partial charge in [0.25, 0.3) is 0 Å². The highest BCUT2D eigenvalue weighted by Gasteiger charge is 2.04. The Labute approximate surface area is 85.7 Å². The molecule has 0 unspecified atom stereocenters. The van der Waals surface area contributed by atoms with E-state index < -0.39 is 0 Å². The number of rotatable bonds is 0. The largest absolute Gasteiger partial charge is 0.362 e. The number of nitriles is 1. The Hall–Kier alpha value is -1.76. The van der Waals surface area contributed by atoms with Crippen LogP contribution in [0.3, 0.4) is 0 Å². The molecule has 0 amide bonds. The lowest BCUT2D eigenvalue weighted by molar-refractivity contribution is 1.29. The number of nitrogens with zero attached hydrogens (tertiary/aromatic N) is 2. The lowest BCUT2D eigenvalue weighted by Gasteiger charge is -1.92. The zero-order chi connectivity index (χ0) is 10.6. The molecule has 0 saturated carbocycles. The minimum atomic E-state index is 0. The molecular weight excluding hydrogens is 173 g/mol. The van der Waals surface area contributed by atoms with Gasteiger partial charge in [0.2, 0.25) is 0 Å². The number of nitrogens with one attached hydrogen (secondary N) is 1. The van der Waals surface area contributed by atoms with Gasteiger partial charge >= 0.3 is 0 Å². The quantitative estimate of drug-likeness (QED) is 0.632. The van der Waals surface area contributed by atoms with Crippen molar-refractivity contribution in [2.24, 2.45) is 0 Å². The fourth-order valence-electron chi connectivity index (χ4n) is 1.19. The van der Waals surface area contributed by atoms with Crippen molar-refractivity contribution in [3.8, 4) is 6.07 Å². The van der Waals surface area contributed by atoms with E-state index in [1.807, 2.05) is 19.9 Å². The van der Waals surface area contributed by atoms with E-state index >= 15 is 0 Å². The molecule has 0 saturated heterocycles. The van der Waals surface area contributed by atoms with Crippen molar-refractivity contribution in [3.05, 3.63) is 24.2 Å². The van der Waals surface area contributed by atoms with Crippen LogP contribution < -0.4 is 5.46 Å². The Morgan fingerprint density at radius 2 is 2.29 bits per heavy atom. The Bertz CT molecular complexity index is 473. The van der Waals surface area contributed by atoms with Crippen LogP contribution in [0, 0.1) is 11.3 Å². The minimum absolute atomic E-state index is 0. The lowest BCUT2D eigenvalue weighted by atomic mass is 9.95. The number of aromatic nitrogens is 2. The van der Waals surface area contributed by atoms with Crippen LogP contribution >= 0.6 is 0 Å². The first-order valence-electron chi connectivity index (χ1n) is 4.44. The van der Waals surface area contributed by atoms with Crippen LogP contribution in [0.1, 0.15) is 21.0 Å². The van der Waals surface area contributed by atoms with E-state index in [1.54, 1.807) is 18.5 Å². The molecule has 0 aliphatic rings. The summed E-state index contributed by atoms with van der Waals surface area (Å²) in [4.78, 5) is 6.84. The van der Waals surface area contributed by atoms with Crippen LogP contribution in [0.5, 0.6) is 0 Å². The summed E-state index contributed by atoms with van der Waals surface area (Å²) in [6.07, 6.45) is 3.24. The highest BCUT2D eigenvalue weighted by atomic mass is 14.7. The smallest absolute Gasteiger partial charge is 0.149 e. The molecule has 2 radical (unpaired) electrons. The maximum Gasteiger partial charge on any atom is 0.149 e. The van der Waals surface area contributed by atoms with Crippen molar-refractivity contribution in [1.29, 1.82) is 5.26 Å².